The molecule has 2 N–H and O–H groups in total. The number of hydrogen-bond acceptors (Lipinski definition) is 2. The highest BCUT2D eigenvalue weighted by molar-refractivity contribution is 5.81. The number of nitrogens with two attached hydrogens (primary N) is 1. The van der Waals surface area contributed by atoms with Crippen LogP contribution in [0.15, 0.2) is 0 Å². The van der Waals surface area contributed by atoms with Crippen molar-refractivity contribution < 1.29 is 4.79 Å². The van der Waals surface area contributed by atoms with Gasteiger partial charge in [-0.3, -0.25) is 4.79 Å². The van der Waals surface area contributed by atoms with Gasteiger partial charge in [-0.1, -0.05) is 53.9 Å². The number of carbonyl (C=O) groups is 1. The van der Waals surface area contributed by atoms with Gasteiger partial charge >= 0.3 is 0 Å². The monoisotopic (exact) mass is 401 g/mol. The van der Waals surface area contributed by atoms with Crippen molar-refractivity contribution in [1.82, 2.24) is 0 Å². The van der Waals surface area contributed by atoms with Gasteiger partial charge in [-0.05, 0) is 91.3 Å². The zero-order valence-electron chi connectivity index (χ0n) is 19.9. The average Bonchev–Trinajstić information content (AvgIpc) is 2.99. The maximum Gasteiger partial charge on any atom is 0.134 e. The van der Waals surface area contributed by atoms with Crippen LogP contribution in [0.3, 0.4) is 0 Å². The van der Waals surface area contributed by atoms with E-state index < -0.39 is 0 Å². The molecular weight excluding hydrogens is 354 g/mol. The number of hydrogen-bond donors (Lipinski definition) is 1. The maximum atomic E-state index is 12.2. The first kappa shape index (κ1) is 21.8. The normalized spacial score (nSPS) is 48.2. The molecule has 0 radical (unpaired) electrons. The van der Waals surface area contributed by atoms with Gasteiger partial charge in [0.15, 0.2) is 0 Å². The molecule has 0 aliphatic heterocycles. The van der Waals surface area contributed by atoms with Crippen molar-refractivity contribution in [2.45, 2.75) is 117 Å². The summed E-state index contributed by atoms with van der Waals surface area (Å²) < 4.78 is 0. The fourth-order valence-electron chi connectivity index (χ4n) is 9.15. The molecule has 4 aliphatic rings. The highest BCUT2D eigenvalue weighted by atomic mass is 16.1. The topological polar surface area (TPSA) is 43.1 Å². The molecule has 4 rings (SSSR count). The molecule has 0 aromatic carbocycles. The van der Waals surface area contributed by atoms with Gasteiger partial charge in [0.05, 0.1) is 0 Å². The molecule has 166 valence electrons. The van der Waals surface area contributed by atoms with Crippen LogP contribution in [0.25, 0.3) is 0 Å². The van der Waals surface area contributed by atoms with Gasteiger partial charge < -0.3 is 5.73 Å². The van der Waals surface area contributed by atoms with Crippen LogP contribution in [0.1, 0.15) is 112 Å². The first-order valence-corrected chi connectivity index (χ1v) is 12.9. The maximum absolute atomic E-state index is 12.2. The van der Waals surface area contributed by atoms with E-state index in [1.807, 2.05) is 0 Å². The van der Waals surface area contributed by atoms with Gasteiger partial charge in [0.25, 0.3) is 0 Å². The van der Waals surface area contributed by atoms with Crippen LogP contribution in [0.4, 0.5) is 0 Å². The molecule has 0 saturated heterocycles. The van der Waals surface area contributed by atoms with Gasteiger partial charge in [0, 0.05) is 18.4 Å². The number of fused-ring (bicyclic) bond motifs is 5. The molecule has 0 amide bonds. The molecule has 2 heteroatoms. The van der Waals surface area contributed by atoms with Gasteiger partial charge in [0.1, 0.15) is 5.78 Å². The molecule has 0 aromatic heterocycles. The molecule has 0 heterocycles. The van der Waals surface area contributed by atoms with Gasteiger partial charge in [-0.15, -0.1) is 0 Å². The number of ketones is 1. The number of rotatable bonds is 5. The molecule has 4 unspecified atom stereocenters. The van der Waals surface area contributed by atoms with E-state index in [-0.39, 0.29) is 11.0 Å². The SMILES string of the molecule is CC(C)CCCC(C)[C@H]1CCC2C3CC[C@@]4(N)CC(=O)CC[C@]4(C)C3CC[C@@]21C. The van der Waals surface area contributed by atoms with Crippen LogP contribution >= 0.6 is 0 Å². The average molecular weight is 402 g/mol. The summed E-state index contributed by atoms with van der Waals surface area (Å²) >= 11 is 0. The highest BCUT2D eigenvalue weighted by Gasteiger charge is 2.63. The first-order chi connectivity index (χ1) is 13.6. The summed E-state index contributed by atoms with van der Waals surface area (Å²) in [5.74, 6) is 5.56. The Balaban J connectivity index is 1.50. The smallest absolute Gasteiger partial charge is 0.134 e. The summed E-state index contributed by atoms with van der Waals surface area (Å²) in [6, 6.07) is 0. The third-order valence-corrected chi connectivity index (χ3v) is 11.0. The minimum Gasteiger partial charge on any atom is -0.324 e. The van der Waals surface area contributed by atoms with Crippen LogP contribution in [-0.2, 0) is 4.79 Å². The molecular formula is C27H47NO. The Morgan fingerprint density at radius 3 is 2.45 bits per heavy atom. The fourth-order valence-corrected chi connectivity index (χ4v) is 9.15. The minimum atomic E-state index is -0.223. The Morgan fingerprint density at radius 2 is 1.72 bits per heavy atom. The summed E-state index contributed by atoms with van der Waals surface area (Å²) in [6.45, 7) is 12.4. The standard InChI is InChI=1S/C27H47NO/c1-18(2)7-6-8-19(3)22-9-10-23-21-12-16-27(28)17-20(29)11-15-26(27,5)24(21)13-14-25(22,23)4/h18-19,21-24H,6-17,28H2,1-5H3/t19?,21?,22-,23?,24?,25-,26-,27-/m1/s1. The second-order valence-electron chi connectivity index (χ2n) is 12.7. The second kappa shape index (κ2) is 7.64. The van der Waals surface area contributed by atoms with E-state index in [0.29, 0.717) is 17.6 Å². The Bertz CT molecular complexity index is 628. The Hall–Kier alpha value is -0.370. The number of carbonyl (C=O) groups excluding carboxylic acids is 1. The van der Waals surface area contributed by atoms with Crippen molar-refractivity contribution in [2.24, 2.45) is 52.1 Å². The van der Waals surface area contributed by atoms with Crippen LogP contribution in [0, 0.1) is 46.3 Å². The van der Waals surface area contributed by atoms with Gasteiger partial charge in [-0.25, -0.2) is 0 Å². The molecule has 4 aliphatic carbocycles. The third-order valence-electron chi connectivity index (χ3n) is 11.0. The van der Waals surface area contributed by atoms with Gasteiger partial charge in [-0.2, -0.15) is 0 Å². The van der Waals surface area contributed by atoms with Crippen molar-refractivity contribution in [3.05, 3.63) is 0 Å². The Morgan fingerprint density at radius 1 is 0.966 bits per heavy atom. The molecule has 29 heavy (non-hydrogen) atoms. The van der Waals surface area contributed by atoms with E-state index in [1.165, 1.54) is 51.4 Å². The summed E-state index contributed by atoms with van der Waals surface area (Å²) in [5, 5.41) is 0. The second-order valence-corrected chi connectivity index (χ2v) is 12.7. The van der Waals surface area contributed by atoms with E-state index in [0.717, 1.165) is 54.8 Å². The molecule has 0 spiro atoms. The summed E-state index contributed by atoms with van der Waals surface area (Å²) in [6.07, 6.45) is 14.7. The summed E-state index contributed by atoms with van der Waals surface area (Å²) in [5.41, 5.74) is 7.51. The predicted molar refractivity (Wildman–Crippen MR) is 122 cm³/mol. The Labute approximate surface area is 180 Å². The number of Topliss-reactive ketones (excluding diaryl/α,β-unsaturated/α-hetero) is 1. The Kier molecular flexibility index (Phi) is 5.76. The first-order valence-electron chi connectivity index (χ1n) is 12.9. The van der Waals surface area contributed by atoms with E-state index in [9.17, 15) is 4.79 Å². The zero-order valence-corrected chi connectivity index (χ0v) is 19.9. The van der Waals surface area contributed by atoms with Crippen molar-refractivity contribution in [1.29, 1.82) is 0 Å². The lowest BCUT2D eigenvalue weighted by atomic mass is 9.42. The molecule has 8 atom stereocenters. The lowest BCUT2D eigenvalue weighted by molar-refractivity contribution is -0.145. The quantitative estimate of drug-likeness (QED) is 0.553. The molecule has 2 nitrogen and oxygen atoms in total. The van der Waals surface area contributed by atoms with Gasteiger partial charge in [0.2, 0.25) is 0 Å². The van der Waals surface area contributed by atoms with Crippen molar-refractivity contribution >= 4 is 5.78 Å². The summed E-state index contributed by atoms with van der Waals surface area (Å²) in [7, 11) is 0. The van der Waals surface area contributed by atoms with E-state index in [2.05, 4.69) is 34.6 Å². The predicted octanol–water partition coefficient (Wildman–Crippen LogP) is 6.76. The zero-order chi connectivity index (χ0) is 21.0. The molecule has 4 fully saturated rings. The highest BCUT2D eigenvalue weighted by Crippen LogP contribution is 2.68. The lowest BCUT2D eigenvalue weighted by Gasteiger charge is -2.64. The van der Waals surface area contributed by atoms with Crippen molar-refractivity contribution in [3.8, 4) is 0 Å². The largest absolute Gasteiger partial charge is 0.324 e. The fraction of sp³-hybridized carbons (Fsp3) is 0.963. The summed E-state index contributed by atoms with van der Waals surface area (Å²) in [4.78, 5) is 12.2. The van der Waals surface area contributed by atoms with Crippen LogP contribution in [0.5, 0.6) is 0 Å². The van der Waals surface area contributed by atoms with Crippen molar-refractivity contribution in [3.63, 3.8) is 0 Å². The van der Waals surface area contributed by atoms with Crippen LogP contribution < -0.4 is 5.73 Å². The minimum absolute atomic E-state index is 0.187. The van der Waals surface area contributed by atoms with E-state index >= 15 is 0 Å². The molecule has 4 saturated carbocycles. The van der Waals surface area contributed by atoms with E-state index in [4.69, 9.17) is 5.73 Å². The molecule has 0 aromatic rings. The van der Waals surface area contributed by atoms with Crippen LogP contribution in [-0.4, -0.2) is 11.3 Å². The van der Waals surface area contributed by atoms with E-state index in [1.54, 1.807) is 0 Å². The van der Waals surface area contributed by atoms with Crippen LogP contribution in [0.2, 0.25) is 0 Å². The molecule has 0 bridgehead atoms. The van der Waals surface area contributed by atoms with Crippen molar-refractivity contribution in [2.75, 3.05) is 0 Å². The lowest BCUT2D eigenvalue weighted by Crippen LogP contribution is -2.66. The third kappa shape index (κ3) is 3.44.